The fourth-order valence-corrected chi connectivity index (χ4v) is 2.44. The van der Waals surface area contributed by atoms with Crippen molar-refractivity contribution < 1.29 is 14.3 Å². The molecular weight excluding hydrogens is 256 g/mol. The van der Waals surface area contributed by atoms with Crippen LogP contribution in [0.3, 0.4) is 0 Å². The van der Waals surface area contributed by atoms with Crippen LogP contribution in [0, 0.1) is 5.92 Å². The summed E-state index contributed by atoms with van der Waals surface area (Å²) in [6.45, 7) is 9.68. The van der Waals surface area contributed by atoms with Crippen LogP contribution < -0.4 is 5.32 Å². The van der Waals surface area contributed by atoms with Crippen molar-refractivity contribution in [2.45, 2.75) is 59.0 Å². The molecule has 1 rings (SSSR count). The van der Waals surface area contributed by atoms with E-state index in [-0.39, 0.29) is 29.9 Å². The molecule has 3 atom stereocenters. The van der Waals surface area contributed by atoms with Gasteiger partial charge in [-0.1, -0.05) is 6.92 Å². The summed E-state index contributed by atoms with van der Waals surface area (Å²) in [5.74, 6) is -0.182. The molecule has 0 spiro atoms. The second-order valence-corrected chi connectivity index (χ2v) is 5.58. The number of hydrogen-bond donors (Lipinski definition) is 1. The van der Waals surface area contributed by atoms with Crippen molar-refractivity contribution >= 4 is 11.9 Å². The van der Waals surface area contributed by atoms with Crippen molar-refractivity contribution in [1.82, 2.24) is 10.2 Å². The van der Waals surface area contributed by atoms with E-state index in [0.717, 1.165) is 25.8 Å². The first-order valence-corrected chi connectivity index (χ1v) is 7.70. The Hall–Kier alpha value is -1.10. The third-order valence-corrected chi connectivity index (χ3v) is 4.00. The van der Waals surface area contributed by atoms with Crippen LogP contribution in [0.1, 0.15) is 47.0 Å². The zero-order valence-electron chi connectivity index (χ0n) is 13.1. The van der Waals surface area contributed by atoms with Crippen LogP contribution in [0.5, 0.6) is 0 Å². The van der Waals surface area contributed by atoms with Gasteiger partial charge in [0.2, 0.25) is 5.91 Å². The number of piperidine rings is 1. The van der Waals surface area contributed by atoms with Crippen molar-refractivity contribution in [2.75, 3.05) is 19.7 Å². The van der Waals surface area contributed by atoms with Crippen LogP contribution in [0.2, 0.25) is 0 Å². The highest BCUT2D eigenvalue weighted by molar-refractivity contribution is 5.81. The second-order valence-electron chi connectivity index (χ2n) is 5.58. The van der Waals surface area contributed by atoms with Gasteiger partial charge in [0.1, 0.15) is 0 Å². The van der Waals surface area contributed by atoms with Crippen molar-refractivity contribution in [3.8, 4) is 0 Å². The Bertz CT molecular complexity index is 333. The van der Waals surface area contributed by atoms with Gasteiger partial charge in [-0.2, -0.15) is 0 Å². The number of esters is 1. The van der Waals surface area contributed by atoms with Gasteiger partial charge in [-0.3, -0.25) is 14.5 Å². The standard InChI is InChI=1S/C15H28N2O3/c1-5-11(3)16-14(18)12(4)17-9-7-8-13(10-17)15(19)20-6-2/h11-13H,5-10H2,1-4H3,(H,16,18)/t11?,12?,13-/m1/s1. The molecule has 0 aliphatic carbocycles. The Balaban J connectivity index is 2.53. The Kier molecular flexibility index (Phi) is 6.99. The quantitative estimate of drug-likeness (QED) is 0.752. The van der Waals surface area contributed by atoms with Gasteiger partial charge in [-0.15, -0.1) is 0 Å². The number of rotatable bonds is 6. The van der Waals surface area contributed by atoms with Gasteiger partial charge in [0, 0.05) is 12.6 Å². The second kappa shape index (κ2) is 8.25. The molecule has 1 heterocycles. The molecule has 1 N–H and O–H groups in total. The molecule has 0 aromatic rings. The molecule has 116 valence electrons. The molecule has 5 nitrogen and oxygen atoms in total. The molecule has 0 radical (unpaired) electrons. The van der Waals surface area contributed by atoms with Gasteiger partial charge >= 0.3 is 5.97 Å². The maximum absolute atomic E-state index is 12.1. The monoisotopic (exact) mass is 284 g/mol. The molecule has 20 heavy (non-hydrogen) atoms. The fourth-order valence-electron chi connectivity index (χ4n) is 2.44. The van der Waals surface area contributed by atoms with E-state index in [2.05, 4.69) is 10.2 Å². The predicted octanol–water partition coefficient (Wildman–Crippen LogP) is 1.56. The summed E-state index contributed by atoms with van der Waals surface area (Å²) in [5.41, 5.74) is 0. The molecule has 0 aromatic heterocycles. The number of nitrogens with zero attached hydrogens (tertiary/aromatic N) is 1. The molecule has 1 amide bonds. The number of hydrogen-bond acceptors (Lipinski definition) is 4. The largest absolute Gasteiger partial charge is 0.466 e. The normalized spacial score (nSPS) is 22.9. The fraction of sp³-hybridized carbons (Fsp3) is 0.867. The highest BCUT2D eigenvalue weighted by Gasteiger charge is 2.31. The van der Waals surface area contributed by atoms with Crippen LogP contribution in [0.25, 0.3) is 0 Å². The number of likely N-dealkylation sites (tertiary alicyclic amines) is 1. The van der Waals surface area contributed by atoms with Gasteiger partial charge < -0.3 is 10.1 Å². The highest BCUT2D eigenvalue weighted by Crippen LogP contribution is 2.20. The summed E-state index contributed by atoms with van der Waals surface area (Å²) >= 11 is 0. The van der Waals surface area contributed by atoms with E-state index in [1.54, 1.807) is 0 Å². The summed E-state index contributed by atoms with van der Waals surface area (Å²) in [6, 6.07) is -0.00294. The molecule has 1 saturated heterocycles. The van der Waals surface area contributed by atoms with Crippen molar-refractivity contribution in [2.24, 2.45) is 5.92 Å². The van der Waals surface area contributed by atoms with Crippen LogP contribution in [0.15, 0.2) is 0 Å². The summed E-state index contributed by atoms with van der Waals surface area (Å²) in [5, 5.41) is 3.00. The Labute approximate surface area is 122 Å². The SMILES string of the molecule is CCOC(=O)[C@@H]1CCCN(C(C)C(=O)NC(C)CC)C1. The van der Waals surface area contributed by atoms with Gasteiger partial charge in [0.25, 0.3) is 0 Å². The zero-order chi connectivity index (χ0) is 15.1. The number of carbonyl (C=O) groups excluding carboxylic acids is 2. The molecule has 0 saturated carbocycles. The van der Waals surface area contributed by atoms with E-state index < -0.39 is 0 Å². The van der Waals surface area contributed by atoms with E-state index in [0.29, 0.717) is 13.2 Å². The first kappa shape index (κ1) is 17.0. The molecule has 1 aliphatic heterocycles. The van der Waals surface area contributed by atoms with Crippen LogP contribution >= 0.6 is 0 Å². The van der Waals surface area contributed by atoms with E-state index in [4.69, 9.17) is 4.74 Å². The lowest BCUT2D eigenvalue weighted by Crippen LogP contribution is -2.51. The lowest BCUT2D eigenvalue weighted by molar-refractivity contribution is -0.151. The van der Waals surface area contributed by atoms with Gasteiger partial charge in [0.05, 0.1) is 18.6 Å². The molecule has 1 fully saturated rings. The number of nitrogens with one attached hydrogen (secondary N) is 1. The maximum atomic E-state index is 12.1. The Morgan fingerprint density at radius 3 is 2.65 bits per heavy atom. The Morgan fingerprint density at radius 1 is 1.35 bits per heavy atom. The summed E-state index contributed by atoms with van der Waals surface area (Å²) in [7, 11) is 0. The van der Waals surface area contributed by atoms with Crippen molar-refractivity contribution in [1.29, 1.82) is 0 Å². The third kappa shape index (κ3) is 4.78. The van der Waals surface area contributed by atoms with Gasteiger partial charge in [0.15, 0.2) is 0 Å². The third-order valence-electron chi connectivity index (χ3n) is 4.00. The summed E-state index contributed by atoms with van der Waals surface area (Å²) in [4.78, 5) is 26.0. The predicted molar refractivity (Wildman–Crippen MR) is 78.3 cm³/mol. The van der Waals surface area contributed by atoms with Gasteiger partial charge in [-0.05, 0) is 46.6 Å². The number of carbonyl (C=O) groups is 2. The first-order chi connectivity index (χ1) is 9.49. The minimum absolute atomic E-state index is 0.0452. The van der Waals surface area contributed by atoms with Crippen molar-refractivity contribution in [3.05, 3.63) is 0 Å². The molecule has 1 aliphatic rings. The smallest absolute Gasteiger partial charge is 0.310 e. The zero-order valence-corrected chi connectivity index (χ0v) is 13.1. The average molecular weight is 284 g/mol. The average Bonchev–Trinajstić information content (AvgIpc) is 2.46. The number of ether oxygens (including phenoxy) is 1. The maximum Gasteiger partial charge on any atom is 0.310 e. The number of amides is 1. The molecule has 2 unspecified atom stereocenters. The van der Waals surface area contributed by atoms with E-state index >= 15 is 0 Å². The Morgan fingerprint density at radius 2 is 2.05 bits per heavy atom. The lowest BCUT2D eigenvalue weighted by atomic mass is 9.97. The van der Waals surface area contributed by atoms with E-state index in [9.17, 15) is 9.59 Å². The summed E-state index contributed by atoms with van der Waals surface area (Å²) in [6.07, 6.45) is 2.71. The highest BCUT2D eigenvalue weighted by atomic mass is 16.5. The van der Waals surface area contributed by atoms with E-state index in [1.165, 1.54) is 0 Å². The summed E-state index contributed by atoms with van der Waals surface area (Å²) < 4.78 is 5.09. The lowest BCUT2D eigenvalue weighted by Gasteiger charge is -2.35. The van der Waals surface area contributed by atoms with Gasteiger partial charge in [-0.25, -0.2) is 0 Å². The molecule has 0 bridgehead atoms. The molecule has 5 heteroatoms. The van der Waals surface area contributed by atoms with Crippen LogP contribution in [0.4, 0.5) is 0 Å². The first-order valence-electron chi connectivity index (χ1n) is 7.70. The van der Waals surface area contributed by atoms with Crippen LogP contribution in [-0.4, -0.2) is 48.6 Å². The van der Waals surface area contributed by atoms with Crippen LogP contribution in [-0.2, 0) is 14.3 Å². The van der Waals surface area contributed by atoms with Crippen molar-refractivity contribution in [3.63, 3.8) is 0 Å². The molecule has 0 aromatic carbocycles. The topological polar surface area (TPSA) is 58.6 Å². The van der Waals surface area contributed by atoms with E-state index in [1.807, 2.05) is 27.7 Å². The minimum Gasteiger partial charge on any atom is -0.466 e. The molecular formula is C15H28N2O3. The minimum atomic E-state index is -0.193.